The molecule has 4 rings (SSSR count). The van der Waals surface area contributed by atoms with Gasteiger partial charge in [-0.1, -0.05) is 23.4 Å². The summed E-state index contributed by atoms with van der Waals surface area (Å²) in [6.45, 7) is 4.09. The van der Waals surface area contributed by atoms with E-state index in [1.165, 1.54) is 0 Å². The molecule has 8 heteroatoms. The van der Waals surface area contributed by atoms with E-state index in [1.807, 2.05) is 36.4 Å². The van der Waals surface area contributed by atoms with Crippen LogP contribution in [0.25, 0.3) is 6.08 Å². The van der Waals surface area contributed by atoms with Gasteiger partial charge in [0.2, 0.25) is 11.7 Å². The van der Waals surface area contributed by atoms with Crippen LogP contribution in [0.3, 0.4) is 0 Å². The lowest BCUT2D eigenvalue weighted by Crippen LogP contribution is -2.50. The molecule has 0 bridgehead atoms. The molecule has 1 aliphatic heterocycles. The average molecular weight is 432 g/mol. The average Bonchev–Trinajstić information content (AvgIpc) is 3.28. The van der Waals surface area contributed by atoms with Crippen LogP contribution in [0.1, 0.15) is 27.4 Å². The van der Waals surface area contributed by atoms with Crippen molar-refractivity contribution in [3.8, 4) is 5.75 Å². The Morgan fingerprint density at radius 1 is 1.09 bits per heavy atom. The number of carbonyl (C=O) groups excluding carboxylic acids is 2. The Bertz CT molecular complexity index is 1080. The number of amides is 2. The van der Waals surface area contributed by atoms with Crippen molar-refractivity contribution in [3.05, 3.63) is 83.5 Å². The van der Waals surface area contributed by atoms with E-state index in [-0.39, 0.29) is 17.6 Å². The molecule has 0 saturated carbocycles. The predicted molar refractivity (Wildman–Crippen MR) is 118 cm³/mol. The summed E-state index contributed by atoms with van der Waals surface area (Å²) in [6.07, 6.45) is 6.84. The lowest BCUT2D eigenvalue weighted by atomic mass is 10.2. The van der Waals surface area contributed by atoms with Gasteiger partial charge >= 0.3 is 0 Å². The summed E-state index contributed by atoms with van der Waals surface area (Å²) >= 11 is 0. The second kappa shape index (κ2) is 9.91. The molecule has 2 amide bonds. The van der Waals surface area contributed by atoms with E-state index >= 15 is 0 Å². The third kappa shape index (κ3) is 5.40. The highest BCUT2D eigenvalue weighted by Crippen LogP contribution is 2.15. The van der Waals surface area contributed by atoms with Crippen LogP contribution in [0.5, 0.6) is 5.75 Å². The third-order valence-electron chi connectivity index (χ3n) is 5.14. The van der Waals surface area contributed by atoms with E-state index in [9.17, 15) is 9.59 Å². The highest BCUT2D eigenvalue weighted by Gasteiger charge is 2.26. The SMILES string of the molecule is Cc1cc(C(=O)N2CCN(C(=O)/C=C/c3ccc(OCc4cccnc4)cc3)CC2)on1. The number of carbonyl (C=O) groups is 2. The van der Waals surface area contributed by atoms with Crippen molar-refractivity contribution >= 4 is 17.9 Å². The van der Waals surface area contributed by atoms with E-state index in [0.717, 1.165) is 16.9 Å². The summed E-state index contributed by atoms with van der Waals surface area (Å²) in [6, 6.07) is 13.0. The monoisotopic (exact) mass is 432 g/mol. The largest absolute Gasteiger partial charge is 0.489 e. The van der Waals surface area contributed by atoms with Crippen molar-refractivity contribution in [3.63, 3.8) is 0 Å². The smallest absolute Gasteiger partial charge is 0.292 e. The molecule has 0 atom stereocenters. The maximum Gasteiger partial charge on any atom is 0.292 e. The van der Waals surface area contributed by atoms with Gasteiger partial charge in [-0.2, -0.15) is 0 Å². The van der Waals surface area contributed by atoms with Crippen LogP contribution in [0, 0.1) is 6.92 Å². The van der Waals surface area contributed by atoms with Gasteiger partial charge in [-0.15, -0.1) is 0 Å². The van der Waals surface area contributed by atoms with Gasteiger partial charge in [0.1, 0.15) is 12.4 Å². The van der Waals surface area contributed by atoms with Crippen molar-refractivity contribution in [1.82, 2.24) is 19.9 Å². The summed E-state index contributed by atoms with van der Waals surface area (Å²) in [5, 5.41) is 3.75. The van der Waals surface area contributed by atoms with Crippen LogP contribution in [-0.4, -0.2) is 57.9 Å². The van der Waals surface area contributed by atoms with Crippen molar-refractivity contribution in [2.24, 2.45) is 0 Å². The molecule has 32 heavy (non-hydrogen) atoms. The highest BCUT2D eigenvalue weighted by molar-refractivity contribution is 5.93. The summed E-state index contributed by atoms with van der Waals surface area (Å²) < 4.78 is 10.8. The van der Waals surface area contributed by atoms with E-state index in [1.54, 1.807) is 47.3 Å². The Labute approximate surface area is 186 Å². The van der Waals surface area contributed by atoms with Crippen molar-refractivity contribution in [2.45, 2.75) is 13.5 Å². The van der Waals surface area contributed by atoms with Gasteiger partial charge in [-0.3, -0.25) is 14.6 Å². The first-order valence-electron chi connectivity index (χ1n) is 10.4. The molecule has 0 N–H and O–H groups in total. The fraction of sp³-hybridized carbons (Fsp3) is 0.250. The molecule has 0 aliphatic carbocycles. The topological polar surface area (TPSA) is 88.8 Å². The number of hydrogen-bond acceptors (Lipinski definition) is 6. The number of ether oxygens (including phenoxy) is 1. The number of pyridine rings is 1. The van der Waals surface area contributed by atoms with Crippen molar-refractivity contribution < 1.29 is 18.8 Å². The van der Waals surface area contributed by atoms with Crippen molar-refractivity contribution in [1.29, 1.82) is 0 Å². The third-order valence-corrected chi connectivity index (χ3v) is 5.14. The van der Waals surface area contributed by atoms with Crippen LogP contribution in [0.15, 0.2) is 65.5 Å². The number of benzene rings is 1. The zero-order valence-electron chi connectivity index (χ0n) is 17.8. The van der Waals surface area contributed by atoms with Gasteiger partial charge in [0.05, 0.1) is 5.69 Å². The molecule has 1 fully saturated rings. The Hall–Kier alpha value is -3.94. The van der Waals surface area contributed by atoms with Gasteiger partial charge in [0.25, 0.3) is 5.91 Å². The Morgan fingerprint density at radius 3 is 2.50 bits per heavy atom. The number of nitrogens with zero attached hydrogens (tertiary/aromatic N) is 4. The minimum absolute atomic E-state index is 0.0792. The van der Waals surface area contributed by atoms with E-state index in [2.05, 4.69) is 10.1 Å². The van der Waals surface area contributed by atoms with Crippen LogP contribution in [-0.2, 0) is 11.4 Å². The van der Waals surface area contributed by atoms with Gasteiger partial charge in [0.15, 0.2) is 0 Å². The summed E-state index contributed by atoms with van der Waals surface area (Å²) in [5.74, 6) is 0.707. The fourth-order valence-corrected chi connectivity index (χ4v) is 3.35. The molecule has 1 aromatic carbocycles. The Balaban J connectivity index is 1.25. The zero-order chi connectivity index (χ0) is 22.3. The van der Waals surface area contributed by atoms with Gasteiger partial charge in [-0.25, -0.2) is 0 Å². The molecule has 164 valence electrons. The second-order valence-corrected chi connectivity index (χ2v) is 7.50. The molecule has 1 saturated heterocycles. The summed E-state index contributed by atoms with van der Waals surface area (Å²) in [4.78, 5) is 32.4. The van der Waals surface area contributed by atoms with Crippen LogP contribution >= 0.6 is 0 Å². The summed E-state index contributed by atoms with van der Waals surface area (Å²) in [5.41, 5.74) is 2.57. The Kier molecular flexibility index (Phi) is 6.60. The van der Waals surface area contributed by atoms with Gasteiger partial charge in [0, 0.05) is 56.3 Å². The van der Waals surface area contributed by atoms with Crippen LogP contribution < -0.4 is 4.74 Å². The minimum Gasteiger partial charge on any atom is -0.489 e. The molecular formula is C24H24N4O4. The fourth-order valence-electron chi connectivity index (χ4n) is 3.35. The van der Waals surface area contributed by atoms with Crippen LogP contribution in [0.2, 0.25) is 0 Å². The molecule has 0 radical (unpaired) electrons. The number of piperazine rings is 1. The number of rotatable bonds is 6. The van der Waals surface area contributed by atoms with E-state index in [0.29, 0.717) is 38.5 Å². The van der Waals surface area contributed by atoms with E-state index in [4.69, 9.17) is 9.26 Å². The van der Waals surface area contributed by atoms with Crippen molar-refractivity contribution in [2.75, 3.05) is 26.2 Å². The molecule has 8 nitrogen and oxygen atoms in total. The minimum atomic E-state index is -0.195. The quantitative estimate of drug-likeness (QED) is 0.557. The van der Waals surface area contributed by atoms with E-state index < -0.39 is 0 Å². The molecule has 0 unspecified atom stereocenters. The van der Waals surface area contributed by atoms with Crippen LogP contribution in [0.4, 0.5) is 0 Å². The first-order valence-corrected chi connectivity index (χ1v) is 10.4. The normalized spacial score (nSPS) is 14.0. The molecule has 3 heterocycles. The lowest BCUT2D eigenvalue weighted by molar-refractivity contribution is -0.127. The molecular weight excluding hydrogens is 408 g/mol. The maximum absolute atomic E-state index is 12.5. The standard InChI is InChI=1S/C24H24N4O4/c1-18-15-22(32-26-18)24(30)28-13-11-27(12-14-28)23(29)9-6-19-4-7-21(8-5-19)31-17-20-3-2-10-25-16-20/h2-10,15-16H,11-14,17H2,1H3/b9-6+. The number of aromatic nitrogens is 2. The predicted octanol–water partition coefficient (Wildman–Crippen LogP) is 2.95. The summed E-state index contributed by atoms with van der Waals surface area (Å²) in [7, 11) is 0. The first kappa shape index (κ1) is 21.3. The van der Waals surface area contributed by atoms with Gasteiger partial charge < -0.3 is 19.1 Å². The molecule has 2 aromatic heterocycles. The first-order chi connectivity index (χ1) is 15.6. The maximum atomic E-state index is 12.5. The Morgan fingerprint density at radius 2 is 1.84 bits per heavy atom. The molecule has 1 aliphatic rings. The molecule has 0 spiro atoms. The number of hydrogen-bond donors (Lipinski definition) is 0. The molecule has 3 aromatic rings. The zero-order valence-corrected chi connectivity index (χ0v) is 17.8. The second-order valence-electron chi connectivity index (χ2n) is 7.50. The number of aryl methyl sites for hydroxylation is 1. The lowest BCUT2D eigenvalue weighted by Gasteiger charge is -2.33. The highest BCUT2D eigenvalue weighted by atomic mass is 16.5. The van der Waals surface area contributed by atoms with Gasteiger partial charge in [-0.05, 0) is 36.8 Å².